The second kappa shape index (κ2) is 5.14. The average Bonchev–Trinajstić information content (AvgIpc) is 3.02. The van der Waals surface area contributed by atoms with Crippen LogP contribution in [-0.4, -0.2) is 26.1 Å². The summed E-state index contributed by atoms with van der Waals surface area (Å²) < 4.78 is 2.07. The van der Waals surface area contributed by atoms with Crippen LogP contribution in [0.1, 0.15) is 12.0 Å². The molecule has 2 N–H and O–H groups in total. The van der Waals surface area contributed by atoms with Crippen molar-refractivity contribution in [3.05, 3.63) is 42.5 Å². The zero-order chi connectivity index (χ0) is 13.1. The lowest BCUT2D eigenvalue weighted by molar-refractivity contribution is 0.659. The summed E-state index contributed by atoms with van der Waals surface area (Å²) in [6.45, 7) is 3.93. The number of aromatic amines is 1. The summed E-state index contributed by atoms with van der Waals surface area (Å²) in [4.78, 5) is 11.8. The molecule has 3 aromatic rings. The van der Waals surface area contributed by atoms with Crippen LogP contribution < -0.4 is 5.32 Å². The summed E-state index contributed by atoms with van der Waals surface area (Å²) in [5, 5.41) is 3.32. The van der Waals surface area contributed by atoms with Crippen molar-refractivity contribution in [1.29, 1.82) is 0 Å². The lowest BCUT2D eigenvalue weighted by Crippen LogP contribution is -2.06. The summed E-state index contributed by atoms with van der Waals surface area (Å²) in [6, 6.07) is 6.23. The van der Waals surface area contributed by atoms with Gasteiger partial charge in [0.05, 0.1) is 17.4 Å². The SMILES string of the molecule is Cc1ccc2nc(NCCCn3ccnc3)[nH]c2c1. The number of aryl methyl sites for hydroxylation is 2. The number of anilines is 1. The van der Waals surface area contributed by atoms with Gasteiger partial charge in [-0.05, 0) is 31.0 Å². The van der Waals surface area contributed by atoms with Gasteiger partial charge >= 0.3 is 0 Å². The van der Waals surface area contributed by atoms with Crippen LogP contribution in [0.3, 0.4) is 0 Å². The Hall–Kier alpha value is -2.30. The molecule has 0 aliphatic carbocycles. The topological polar surface area (TPSA) is 58.5 Å². The van der Waals surface area contributed by atoms with E-state index in [1.165, 1.54) is 5.56 Å². The van der Waals surface area contributed by atoms with Crippen LogP contribution in [0.4, 0.5) is 5.95 Å². The highest BCUT2D eigenvalue weighted by Gasteiger charge is 2.01. The van der Waals surface area contributed by atoms with E-state index < -0.39 is 0 Å². The molecule has 2 heterocycles. The number of aromatic nitrogens is 4. The third-order valence-electron chi connectivity index (χ3n) is 3.08. The van der Waals surface area contributed by atoms with Gasteiger partial charge in [-0.15, -0.1) is 0 Å². The van der Waals surface area contributed by atoms with Gasteiger partial charge in [-0.3, -0.25) is 0 Å². The van der Waals surface area contributed by atoms with E-state index in [9.17, 15) is 0 Å². The van der Waals surface area contributed by atoms with Gasteiger partial charge in [0, 0.05) is 25.5 Å². The molecule has 0 amide bonds. The number of hydrogen-bond donors (Lipinski definition) is 2. The van der Waals surface area contributed by atoms with Gasteiger partial charge in [0.25, 0.3) is 0 Å². The number of H-pyrrole nitrogens is 1. The molecule has 1 aromatic carbocycles. The van der Waals surface area contributed by atoms with Gasteiger partial charge in [-0.1, -0.05) is 6.07 Å². The maximum atomic E-state index is 4.50. The molecule has 5 heteroatoms. The Labute approximate surface area is 111 Å². The molecule has 2 aromatic heterocycles. The number of rotatable bonds is 5. The summed E-state index contributed by atoms with van der Waals surface area (Å²) in [6.07, 6.45) is 6.65. The molecular weight excluding hydrogens is 238 g/mol. The molecule has 0 unspecified atom stereocenters. The Morgan fingerprint density at radius 1 is 1.37 bits per heavy atom. The largest absolute Gasteiger partial charge is 0.356 e. The predicted octanol–water partition coefficient (Wildman–Crippen LogP) is 2.57. The minimum absolute atomic E-state index is 0.839. The summed E-state index contributed by atoms with van der Waals surface area (Å²) in [5.74, 6) is 0.839. The van der Waals surface area contributed by atoms with Crippen molar-refractivity contribution in [2.24, 2.45) is 0 Å². The van der Waals surface area contributed by atoms with Gasteiger partial charge < -0.3 is 14.9 Å². The minimum Gasteiger partial charge on any atom is -0.356 e. The number of benzene rings is 1. The van der Waals surface area contributed by atoms with Gasteiger partial charge in [0.1, 0.15) is 0 Å². The zero-order valence-electron chi connectivity index (χ0n) is 10.9. The van der Waals surface area contributed by atoms with E-state index in [1.807, 2.05) is 18.6 Å². The van der Waals surface area contributed by atoms with E-state index in [2.05, 4.69) is 43.9 Å². The Kier molecular flexibility index (Phi) is 3.18. The molecule has 0 saturated heterocycles. The summed E-state index contributed by atoms with van der Waals surface area (Å²) in [7, 11) is 0. The van der Waals surface area contributed by atoms with Crippen LogP contribution in [-0.2, 0) is 6.54 Å². The number of fused-ring (bicyclic) bond motifs is 1. The molecule has 0 atom stereocenters. The lowest BCUT2D eigenvalue weighted by Gasteiger charge is -2.03. The van der Waals surface area contributed by atoms with Gasteiger partial charge in [0.2, 0.25) is 5.95 Å². The molecule has 98 valence electrons. The Balaban J connectivity index is 1.56. The molecule has 0 bridgehead atoms. The Morgan fingerprint density at radius 2 is 2.32 bits per heavy atom. The van der Waals surface area contributed by atoms with Crippen molar-refractivity contribution in [3.8, 4) is 0 Å². The number of nitrogens with one attached hydrogen (secondary N) is 2. The van der Waals surface area contributed by atoms with Crippen molar-refractivity contribution in [2.75, 3.05) is 11.9 Å². The average molecular weight is 255 g/mol. The van der Waals surface area contributed by atoms with Crippen LogP contribution in [0, 0.1) is 6.92 Å². The summed E-state index contributed by atoms with van der Waals surface area (Å²) >= 11 is 0. The molecule has 0 saturated carbocycles. The fourth-order valence-corrected chi connectivity index (χ4v) is 2.09. The van der Waals surface area contributed by atoms with Crippen LogP contribution in [0.25, 0.3) is 11.0 Å². The van der Waals surface area contributed by atoms with Crippen LogP contribution in [0.15, 0.2) is 36.9 Å². The highest BCUT2D eigenvalue weighted by molar-refractivity contribution is 5.78. The lowest BCUT2D eigenvalue weighted by atomic mass is 10.2. The highest BCUT2D eigenvalue weighted by Crippen LogP contribution is 2.15. The van der Waals surface area contributed by atoms with Crippen LogP contribution >= 0.6 is 0 Å². The number of hydrogen-bond acceptors (Lipinski definition) is 3. The molecule has 3 rings (SSSR count). The molecule has 0 spiro atoms. The van der Waals surface area contributed by atoms with Crippen molar-refractivity contribution in [3.63, 3.8) is 0 Å². The third-order valence-corrected chi connectivity index (χ3v) is 3.08. The number of imidazole rings is 2. The second-order valence-electron chi connectivity index (χ2n) is 4.69. The fraction of sp³-hybridized carbons (Fsp3) is 0.286. The van der Waals surface area contributed by atoms with E-state index in [1.54, 1.807) is 6.20 Å². The van der Waals surface area contributed by atoms with E-state index >= 15 is 0 Å². The van der Waals surface area contributed by atoms with Crippen molar-refractivity contribution in [1.82, 2.24) is 19.5 Å². The monoisotopic (exact) mass is 255 g/mol. The molecule has 19 heavy (non-hydrogen) atoms. The Morgan fingerprint density at radius 3 is 3.16 bits per heavy atom. The quantitative estimate of drug-likeness (QED) is 0.689. The maximum Gasteiger partial charge on any atom is 0.201 e. The molecular formula is C14H17N5. The molecule has 0 fully saturated rings. The molecule has 0 radical (unpaired) electrons. The van der Waals surface area contributed by atoms with Crippen molar-refractivity contribution in [2.45, 2.75) is 19.9 Å². The molecule has 0 aliphatic heterocycles. The normalized spacial score (nSPS) is 11.0. The molecule has 5 nitrogen and oxygen atoms in total. The van der Waals surface area contributed by atoms with E-state index in [0.29, 0.717) is 0 Å². The third kappa shape index (κ3) is 2.76. The first-order chi connectivity index (χ1) is 9.31. The maximum absolute atomic E-state index is 4.50. The Bertz CT molecular complexity index is 654. The number of nitrogens with zero attached hydrogens (tertiary/aromatic N) is 3. The first-order valence-corrected chi connectivity index (χ1v) is 6.47. The smallest absolute Gasteiger partial charge is 0.201 e. The van der Waals surface area contributed by atoms with Gasteiger partial charge in [-0.2, -0.15) is 0 Å². The van der Waals surface area contributed by atoms with Crippen LogP contribution in [0.5, 0.6) is 0 Å². The molecule has 0 aliphatic rings. The second-order valence-corrected chi connectivity index (χ2v) is 4.69. The van der Waals surface area contributed by atoms with Gasteiger partial charge in [0.15, 0.2) is 0 Å². The predicted molar refractivity (Wildman–Crippen MR) is 76.2 cm³/mol. The fourth-order valence-electron chi connectivity index (χ4n) is 2.09. The summed E-state index contributed by atoms with van der Waals surface area (Å²) in [5.41, 5.74) is 3.32. The first kappa shape index (κ1) is 11.8. The first-order valence-electron chi connectivity index (χ1n) is 6.47. The van der Waals surface area contributed by atoms with Crippen molar-refractivity contribution >= 4 is 17.0 Å². The van der Waals surface area contributed by atoms with E-state index in [4.69, 9.17) is 0 Å². The van der Waals surface area contributed by atoms with E-state index in [0.717, 1.165) is 36.5 Å². The highest BCUT2D eigenvalue weighted by atomic mass is 15.1. The zero-order valence-corrected chi connectivity index (χ0v) is 10.9. The van der Waals surface area contributed by atoms with Crippen molar-refractivity contribution < 1.29 is 0 Å². The van der Waals surface area contributed by atoms with Gasteiger partial charge in [-0.25, -0.2) is 9.97 Å². The standard InChI is InChI=1S/C14H17N5/c1-11-3-4-12-13(9-11)18-14(17-12)16-5-2-7-19-8-6-15-10-19/h3-4,6,8-10H,2,5,7H2,1H3,(H2,16,17,18). The minimum atomic E-state index is 0.839. The van der Waals surface area contributed by atoms with Crippen LogP contribution in [0.2, 0.25) is 0 Å². The van der Waals surface area contributed by atoms with E-state index in [-0.39, 0.29) is 0 Å².